The van der Waals surface area contributed by atoms with Crippen LogP contribution in [0.1, 0.15) is 22.3 Å². The highest BCUT2D eigenvalue weighted by molar-refractivity contribution is 7.96. The predicted molar refractivity (Wildman–Crippen MR) is 99.8 cm³/mol. The highest BCUT2D eigenvalue weighted by Crippen LogP contribution is 2.26. The van der Waals surface area contributed by atoms with Crippen LogP contribution in [0.15, 0.2) is 53.4 Å². The Morgan fingerprint density at radius 3 is 2.56 bits per heavy atom. The second-order valence-corrected chi connectivity index (χ2v) is 10.7. The van der Waals surface area contributed by atoms with E-state index in [1.54, 1.807) is 24.3 Å². The van der Waals surface area contributed by atoms with Gasteiger partial charge in [-0.25, -0.2) is 16.8 Å². The fraction of sp³-hybridized carbons (Fsp3) is 0.222. The van der Waals surface area contributed by atoms with E-state index in [1.165, 1.54) is 24.3 Å². The number of carbonyl (C=O) groups excluding carboxylic acids is 1. The standard InChI is InChI=1S/C18H16N2O5S2/c19-11-14-4-1-2-7-17(14)20-18(21)13-5-3-6-15(10-13)27(24,25)16-8-9-26(22,23)12-16/h1-7,10,16H,8-9,12H2,(H,20,21). The van der Waals surface area contributed by atoms with Gasteiger partial charge in [0.25, 0.3) is 5.91 Å². The number of nitrogens with zero attached hydrogens (tertiary/aromatic N) is 1. The van der Waals surface area contributed by atoms with Gasteiger partial charge in [0.15, 0.2) is 19.7 Å². The number of sulfone groups is 2. The summed E-state index contributed by atoms with van der Waals surface area (Å²) in [5.74, 6) is -1.11. The van der Waals surface area contributed by atoms with E-state index in [4.69, 9.17) is 5.26 Å². The Kier molecular flexibility index (Phi) is 5.04. The Morgan fingerprint density at radius 1 is 1.15 bits per heavy atom. The molecule has 0 saturated carbocycles. The highest BCUT2D eigenvalue weighted by atomic mass is 32.2. The van der Waals surface area contributed by atoms with Gasteiger partial charge in [-0.15, -0.1) is 0 Å². The van der Waals surface area contributed by atoms with Gasteiger partial charge >= 0.3 is 0 Å². The largest absolute Gasteiger partial charge is 0.321 e. The van der Waals surface area contributed by atoms with E-state index in [-0.39, 0.29) is 28.2 Å². The minimum Gasteiger partial charge on any atom is -0.321 e. The molecule has 0 radical (unpaired) electrons. The fourth-order valence-electron chi connectivity index (χ4n) is 2.90. The van der Waals surface area contributed by atoms with Crippen molar-refractivity contribution in [2.75, 3.05) is 16.8 Å². The minimum absolute atomic E-state index is 0.0522. The SMILES string of the molecule is N#Cc1ccccc1NC(=O)c1cccc(S(=O)(=O)C2CCS(=O)(=O)C2)c1. The molecule has 1 amide bonds. The van der Waals surface area contributed by atoms with Gasteiger partial charge in [0, 0.05) is 5.56 Å². The van der Waals surface area contributed by atoms with Crippen molar-refractivity contribution in [3.63, 3.8) is 0 Å². The molecule has 7 nitrogen and oxygen atoms in total. The summed E-state index contributed by atoms with van der Waals surface area (Å²) in [4.78, 5) is 12.4. The molecule has 1 fully saturated rings. The van der Waals surface area contributed by atoms with Gasteiger partial charge in [0.05, 0.1) is 32.9 Å². The van der Waals surface area contributed by atoms with Gasteiger partial charge in [-0.1, -0.05) is 18.2 Å². The van der Waals surface area contributed by atoms with Gasteiger partial charge in [-0.2, -0.15) is 5.26 Å². The molecule has 1 aliphatic heterocycles. The van der Waals surface area contributed by atoms with Crippen LogP contribution in [-0.4, -0.2) is 39.5 Å². The second-order valence-electron chi connectivity index (χ2n) is 6.21. The molecular weight excluding hydrogens is 388 g/mol. The zero-order chi connectivity index (χ0) is 19.7. The van der Waals surface area contributed by atoms with Crippen LogP contribution in [0.25, 0.3) is 0 Å². The maximum absolute atomic E-state index is 12.7. The number of hydrogen-bond donors (Lipinski definition) is 1. The number of carbonyl (C=O) groups is 1. The van der Waals surface area contributed by atoms with Crippen molar-refractivity contribution in [2.45, 2.75) is 16.6 Å². The van der Waals surface area contributed by atoms with Gasteiger partial charge in [0.2, 0.25) is 0 Å². The number of amides is 1. The number of nitrogens with one attached hydrogen (secondary N) is 1. The van der Waals surface area contributed by atoms with Crippen molar-refractivity contribution in [2.24, 2.45) is 0 Å². The van der Waals surface area contributed by atoms with Gasteiger partial charge in [-0.3, -0.25) is 4.79 Å². The molecule has 2 aromatic rings. The Labute approximate surface area is 157 Å². The zero-order valence-electron chi connectivity index (χ0n) is 14.1. The third kappa shape index (κ3) is 4.02. The molecule has 0 aliphatic carbocycles. The Bertz CT molecular complexity index is 1150. The lowest BCUT2D eigenvalue weighted by atomic mass is 10.1. The number of hydrogen-bond acceptors (Lipinski definition) is 6. The first kappa shape index (κ1) is 19.1. The average molecular weight is 404 g/mol. The fourth-order valence-corrected chi connectivity index (χ4v) is 7.30. The summed E-state index contributed by atoms with van der Waals surface area (Å²) < 4.78 is 48.6. The number of nitriles is 1. The molecule has 1 heterocycles. The summed E-state index contributed by atoms with van der Waals surface area (Å²) in [6.45, 7) is 0. The maximum Gasteiger partial charge on any atom is 0.255 e. The van der Waals surface area contributed by atoms with E-state index >= 15 is 0 Å². The topological polar surface area (TPSA) is 121 Å². The van der Waals surface area contributed by atoms with E-state index in [9.17, 15) is 21.6 Å². The molecule has 140 valence electrons. The normalized spacial score (nSPS) is 18.6. The van der Waals surface area contributed by atoms with Crippen LogP contribution in [-0.2, 0) is 19.7 Å². The molecule has 1 unspecified atom stereocenters. The number of rotatable bonds is 4. The summed E-state index contributed by atoms with van der Waals surface area (Å²) in [6, 6.07) is 13.9. The molecule has 9 heteroatoms. The molecule has 2 aromatic carbocycles. The molecule has 1 atom stereocenters. The smallest absolute Gasteiger partial charge is 0.255 e. The summed E-state index contributed by atoms with van der Waals surface area (Å²) in [5, 5.41) is 10.7. The third-order valence-corrected chi connectivity index (χ3v) is 8.52. The summed E-state index contributed by atoms with van der Waals surface area (Å²) in [5.41, 5.74) is 0.704. The molecule has 1 saturated heterocycles. The van der Waals surface area contributed by atoms with E-state index < -0.39 is 36.6 Å². The van der Waals surface area contributed by atoms with Crippen molar-refractivity contribution < 1.29 is 21.6 Å². The first-order valence-electron chi connectivity index (χ1n) is 8.08. The van der Waals surface area contributed by atoms with Crippen LogP contribution in [0.2, 0.25) is 0 Å². The van der Waals surface area contributed by atoms with Gasteiger partial charge in [0.1, 0.15) is 6.07 Å². The van der Waals surface area contributed by atoms with Crippen molar-refractivity contribution >= 4 is 31.3 Å². The van der Waals surface area contributed by atoms with E-state index in [2.05, 4.69) is 5.32 Å². The lowest BCUT2D eigenvalue weighted by Gasteiger charge is -2.12. The van der Waals surface area contributed by atoms with Crippen LogP contribution in [0.5, 0.6) is 0 Å². The predicted octanol–water partition coefficient (Wildman–Crippen LogP) is 1.77. The van der Waals surface area contributed by atoms with Gasteiger partial charge < -0.3 is 5.32 Å². The molecule has 0 spiro atoms. The molecule has 27 heavy (non-hydrogen) atoms. The number of para-hydroxylation sites is 1. The van der Waals surface area contributed by atoms with Crippen molar-refractivity contribution in [1.29, 1.82) is 5.26 Å². The number of anilines is 1. The third-order valence-electron chi connectivity index (χ3n) is 4.35. The van der Waals surface area contributed by atoms with Crippen molar-refractivity contribution in [3.8, 4) is 6.07 Å². The van der Waals surface area contributed by atoms with Gasteiger partial charge in [-0.05, 0) is 36.8 Å². The zero-order valence-corrected chi connectivity index (χ0v) is 15.8. The van der Waals surface area contributed by atoms with E-state index in [1.807, 2.05) is 6.07 Å². The maximum atomic E-state index is 12.7. The summed E-state index contributed by atoms with van der Waals surface area (Å²) in [6.07, 6.45) is 0.0522. The first-order valence-corrected chi connectivity index (χ1v) is 11.4. The van der Waals surface area contributed by atoms with Crippen LogP contribution < -0.4 is 5.32 Å². The quantitative estimate of drug-likeness (QED) is 0.829. The van der Waals surface area contributed by atoms with Crippen LogP contribution in [0, 0.1) is 11.3 Å². The van der Waals surface area contributed by atoms with Crippen LogP contribution in [0.3, 0.4) is 0 Å². The summed E-state index contributed by atoms with van der Waals surface area (Å²) in [7, 11) is -7.21. The first-order chi connectivity index (χ1) is 12.7. The average Bonchev–Trinajstić information content (AvgIpc) is 3.03. The minimum atomic E-state index is -3.86. The Hall–Kier alpha value is -2.70. The lowest BCUT2D eigenvalue weighted by Crippen LogP contribution is -2.23. The molecule has 1 N–H and O–H groups in total. The Morgan fingerprint density at radius 2 is 1.89 bits per heavy atom. The molecule has 0 bridgehead atoms. The molecular formula is C18H16N2O5S2. The Balaban J connectivity index is 1.87. The highest BCUT2D eigenvalue weighted by Gasteiger charge is 2.38. The monoisotopic (exact) mass is 404 g/mol. The lowest BCUT2D eigenvalue weighted by molar-refractivity contribution is 0.102. The molecule has 3 rings (SSSR count). The molecule has 0 aromatic heterocycles. The van der Waals surface area contributed by atoms with Crippen molar-refractivity contribution in [3.05, 3.63) is 59.7 Å². The van der Waals surface area contributed by atoms with E-state index in [0.717, 1.165) is 0 Å². The van der Waals surface area contributed by atoms with Crippen molar-refractivity contribution in [1.82, 2.24) is 0 Å². The number of benzene rings is 2. The summed E-state index contributed by atoms with van der Waals surface area (Å²) >= 11 is 0. The van der Waals surface area contributed by atoms with Crippen LogP contribution >= 0.6 is 0 Å². The second kappa shape index (κ2) is 7.13. The van der Waals surface area contributed by atoms with Crippen LogP contribution in [0.4, 0.5) is 5.69 Å². The van der Waals surface area contributed by atoms with E-state index in [0.29, 0.717) is 5.69 Å². The molecule has 1 aliphatic rings.